The SMILES string of the molecule is CC1CC(=O)N(CCC2CCN=CN2)C(=O)C1. The monoisotopic (exact) mass is 237 g/mol. The molecule has 0 spiro atoms. The number of nitrogens with zero attached hydrogens (tertiary/aromatic N) is 2. The summed E-state index contributed by atoms with van der Waals surface area (Å²) in [4.78, 5) is 29.0. The van der Waals surface area contributed by atoms with Crippen LogP contribution in [0, 0.1) is 5.92 Å². The molecule has 1 fully saturated rings. The molecular formula is C12H19N3O2. The molecule has 1 N–H and O–H groups in total. The minimum Gasteiger partial charge on any atom is -0.374 e. The van der Waals surface area contributed by atoms with Gasteiger partial charge in [-0.3, -0.25) is 19.5 Å². The summed E-state index contributed by atoms with van der Waals surface area (Å²) in [6.07, 6.45) is 4.52. The van der Waals surface area contributed by atoms with Gasteiger partial charge in [0.15, 0.2) is 0 Å². The summed E-state index contributed by atoms with van der Waals surface area (Å²) in [7, 11) is 0. The molecule has 0 aliphatic carbocycles. The summed E-state index contributed by atoms with van der Waals surface area (Å²) in [5.74, 6) is 0.169. The first kappa shape index (κ1) is 12.1. The Morgan fingerprint density at radius 2 is 2.12 bits per heavy atom. The van der Waals surface area contributed by atoms with E-state index in [9.17, 15) is 9.59 Å². The quantitative estimate of drug-likeness (QED) is 0.729. The molecule has 17 heavy (non-hydrogen) atoms. The lowest BCUT2D eigenvalue weighted by Crippen LogP contribution is -2.45. The smallest absolute Gasteiger partial charge is 0.229 e. The van der Waals surface area contributed by atoms with Gasteiger partial charge in [0.05, 0.1) is 6.34 Å². The summed E-state index contributed by atoms with van der Waals surface area (Å²) in [6.45, 7) is 3.32. The lowest BCUT2D eigenvalue weighted by Gasteiger charge is -2.30. The highest BCUT2D eigenvalue weighted by Gasteiger charge is 2.30. The normalized spacial score (nSPS) is 26.2. The Morgan fingerprint density at radius 3 is 2.71 bits per heavy atom. The maximum Gasteiger partial charge on any atom is 0.229 e. The zero-order chi connectivity index (χ0) is 12.3. The first-order valence-corrected chi connectivity index (χ1v) is 6.24. The molecule has 2 rings (SSSR count). The predicted octanol–water partition coefficient (Wildman–Crippen LogP) is 0.552. The molecule has 1 unspecified atom stereocenters. The highest BCUT2D eigenvalue weighted by atomic mass is 16.2. The van der Waals surface area contributed by atoms with Crippen LogP contribution < -0.4 is 5.32 Å². The number of aliphatic imine (C=N–C) groups is 1. The number of amides is 2. The van der Waals surface area contributed by atoms with E-state index in [1.807, 2.05) is 6.92 Å². The van der Waals surface area contributed by atoms with Crippen LogP contribution >= 0.6 is 0 Å². The van der Waals surface area contributed by atoms with Crippen LogP contribution in [0.5, 0.6) is 0 Å². The molecule has 5 nitrogen and oxygen atoms in total. The van der Waals surface area contributed by atoms with Gasteiger partial charge in [-0.05, 0) is 18.8 Å². The Hall–Kier alpha value is -1.39. The number of hydrogen-bond donors (Lipinski definition) is 1. The van der Waals surface area contributed by atoms with E-state index in [1.165, 1.54) is 4.90 Å². The molecular weight excluding hydrogens is 218 g/mol. The predicted molar refractivity (Wildman–Crippen MR) is 64.6 cm³/mol. The van der Waals surface area contributed by atoms with Crippen molar-refractivity contribution in [2.45, 2.75) is 38.6 Å². The maximum absolute atomic E-state index is 11.7. The fraction of sp³-hybridized carbons (Fsp3) is 0.750. The molecule has 0 aromatic carbocycles. The van der Waals surface area contributed by atoms with Crippen LogP contribution in [-0.4, -0.2) is 42.2 Å². The Morgan fingerprint density at radius 1 is 1.41 bits per heavy atom. The van der Waals surface area contributed by atoms with Gasteiger partial charge in [0, 0.05) is 32.0 Å². The highest BCUT2D eigenvalue weighted by Crippen LogP contribution is 2.19. The molecule has 0 bridgehead atoms. The first-order chi connectivity index (χ1) is 8.16. The fourth-order valence-electron chi connectivity index (χ4n) is 2.33. The summed E-state index contributed by atoms with van der Waals surface area (Å²) in [5.41, 5.74) is 0. The van der Waals surface area contributed by atoms with Crippen molar-refractivity contribution in [3.63, 3.8) is 0 Å². The third kappa shape index (κ3) is 3.05. The first-order valence-electron chi connectivity index (χ1n) is 6.24. The second kappa shape index (κ2) is 5.29. The van der Waals surface area contributed by atoms with E-state index in [0.717, 1.165) is 19.4 Å². The van der Waals surface area contributed by atoms with Gasteiger partial charge in [-0.25, -0.2) is 0 Å². The molecule has 2 heterocycles. The molecule has 5 heteroatoms. The number of carbonyl (C=O) groups excluding carboxylic acids is 2. The lowest BCUT2D eigenvalue weighted by molar-refractivity contribution is -0.149. The van der Waals surface area contributed by atoms with Gasteiger partial charge in [-0.2, -0.15) is 0 Å². The van der Waals surface area contributed by atoms with Crippen molar-refractivity contribution in [3.8, 4) is 0 Å². The van der Waals surface area contributed by atoms with E-state index in [4.69, 9.17) is 0 Å². The highest BCUT2D eigenvalue weighted by molar-refractivity contribution is 5.97. The summed E-state index contributed by atoms with van der Waals surface area (Å²) in [6, 6.07) is 0.340. The molecule has 0 aromatic rings. The molecule has 2 aliphatic rings. The van der Waals surface area contributed by atoms with E-state index in [2.05, 4.69) is 10.3 Å². The van der Waals surface area contributed by atoms with Crippen LogP contribution in [0.15, 0.2) is 4.99 Å². The van der Waals surface area contributed by atoms with Gasteiger partial charge in [0.25, 0.3) is 0 Å². The van der Waals surface area contributed by atoms with E-state index in [-0.39, 0.29) is 17.7 Å². The number of rotatable bonds is 3. The van der Waals surface area contributed by atoms with Crippen molar-refractivity contribution >= 4 is 18.2 Å². The minimum absolute atomic E-state index is 0.0155. The number of imide groups is 1. The van der Waals surface area contributed by atoms with Crippen molar-refractivity contribution in [1.29, 1.82) is 0 Å². The Bertz CT molecular complexity index is 323. The van der Waals surface area contributed by atoms with Gasteiger partial charge in [-0.1, -0.05) is 6.92 Å². The summed E-state index contributed by atoms with van der Waals surface area (Å²) in [5, 5.41) is 3.16. The van der Waals surface area contributed by atoms with E-state index in [0.29, 0.717) is 25.4 Å². The van der Waals surface area contributed by atoms with E-state index < -0.39 is 0 Å². The molecule has 0 radical (unpaired) electrons. The van der Waals surface area contributed by atoms with Crippen molar-refractivity contribution in [1.82, 2.24) is 10.2 Å². The molecule has 0 saturated carbocycles. The Labute approximate surface area is 101 Å². The van der Waals surface area contributed by atoms with E-state index in [1.54, 1.807) is 6.34 Å². The van der Waals surface area contributed by atoms with Crippen molar-refractivity contribution in [2.24, 2.45) is 10.9 Å². The topological polar surface area (TPSA) is 61.8 Å². The lowest BCUT2D eigenvalue weighted by atomic mass is 9.97. The third-order valence-corrected chi connectivity index (χ3v) is 3.36. The molecule has 2 amide bonds. The average molecular weight is 237 g/mol. The standard InChI is InChI=1S/C12H19N3O2/c1-9-6-11(16)15(12(17)7-9)5-3-10-2-4-13-8-14-10/h8-10H,2-7H2,1H3,(H,13,14). The minimum atomic E-state index is -0.0155. The fourth-order valence-corrected chi connectivity index (χ4v) is 2.33. The van der Waals surface area contributed by atoms with Crippen LogP contribution in [0.4, 0.5) is 0 Å². The van der Waals surface area contributed by atoms with Gasteiger partial charge in [0.1, 0.15) is 0 Å². The Kier molecular flexibility index (Phi) is 3.76. The van der Waals surface area contributed by atoms with Gasteiger partial charge in [0.2, 0.25) is 11.8 Å². The second-order valence-corrected chi connectivity index (χ2v) is 4.93. The van der Waals surface area contributed by atoms with Crippen LogP contribution in [0.2, 0.25) is 0 Å². The summed E-state index contributed by atoms with van der Waals surface area (Å²) >= 11 is 0. The van der Waals surface area contributed by atoms with Crippen LogP contribution in [0.3, 0.4) is 0 Å². The number of hydrogen-bond acceptors (Lipinski definition) is 4. The van der Waals surface area contributed by atoms with Gasteiger partial charge in [-0.15, -0.1) is 0 Å². The van der Waals surface area contributed by atoms with E-state index >= 15 is 0 Å². The Balaban J connectivity index is 1.83. The molecule has 0 aromatic heterocycles. The zero-order valence-corrected chi connectivity index (χ0v) is 10.2. The zero-order valence-electron chi connectivity index (χ0n) is 10.2. The third-order valence-electron chi connectivity index (χ3n) is 3.36. The van der Waals surface area contributed by atoms with Crippen molar-refractivity contribution in [2.75, 3.05) is 13.1 Å². The average Bonchev–Trinajstić information content (AvgIpc) is 2.29. The molecule has 94 valence electrons. The van der Waals surface area contributed by atoms with Crippen LogP contribution in [0.1, 0.15) is 32.6 Å². The molecule has 2 aliphatic heterocycles. The maximum atomic E-state index is 11.7. The second-order valence-electron chi connectivity index (χ2n) is 4.93. The number of piperidine rings is 1. The largest absolute Gasteiger partial charge is 0.374 e. The van der Waals surface area contributed by atoms with Crippen molar-refractivity contribution < 1.29 is 9.59 Å². The molecule has 1 atom stereocenters. The van der Waals surface area contributed by atoms with Crippen LogP contribution in [0.25, 0.3) is 0 Å². The van der Waals surface area contributed by atoms with Gasteiger partial charge >= 0.3 is 0 Å². The van der Waals surface area contributed by atoms with Crippen molar-refractivity contribution in [3.05, 3.63) is 0 Å². The van der Waals surface area contributed by atoms with Gasteiger partial charge < -0.3 is 5.32 Å². The van der Waals surface area contributed by atoms with Crippen LogP contribution in [-0.2, 0) is 9.59 Å². The molecule has 1 saturated heterocycles. The number of likely N-dealkylation sites (tertiary alicyclic amines) is 1. The number of carbonyl (C=O) groups is 2. The number of nitrogens with one attached hydrogen (secondary N) is 1. The summed E-state index contributed by atoms with van der Waals surface area (Å²) < 4.78 is 0.